The van der Waals surface area contributed by atoms with Gasteiger partial charge in [-0.15, -0.1) is 0 Å². The average molecular weight is 323 g/mol. The van der Waals surface area contributed by atoms with Crippen molar-refractivity contribution in [1.29, 1.82) is 0 Å². The van der Waals surface area contributed by atoms with E-state index >= 15 is 0 Å². The summed E-state index contributed by atoms with van der Waals surface area (Å²) in [5.41, 5.74) is 10.2. The third-order valence-electron chi connectivity index (χ3n) is 4.35. The highest BCUT2D eigenvalue weighted by atomic mass is 16.5. The summed E-state index contributed by atoms with van der Waals surface area (Å²) < 4.78 is 7.84. The summed E-state index contributed by atoms with van der Waals surface area (Å²) in [6.07, 6.45) is 3.11. The molecule has 0 spiro atoms. The van der Waals surface area contributed by atoms with E-state index in [-0.39, 0.29) is 0 Å². The van der Waals surface area contributed by atoms with E-state index in [1.165, 1.54) is 5.52 Å². The normalized spacial score (nSPS) is 11.1. The fraction of sp³-hybridized carbons (Fsp3) is 0.350. The Hall–Kier alpha value is -2.33. The number of rotatable bonds is 7. The van der Waals surface area contributed by atoms with E-state index in [2.05, 4.69) is 35.8 Å². The Bertz CT molecular complexity index is 823. The van der Waals surface area contributed by atoms with Crippen LogP contribution in [0.5, 0.6) is 5.75 Å². The predicted octanol–water partition coefficient (Wildman–Crippen LogP) is 4.01. The maximum Gasteiger partial charge on any atom is 0.126 e. The number of nitrogens with zero attached hydrogens (tertiary/aromatic N) is 2. The highest BCUT2D eigenvalue weighted by Crippen LogP contribution is 2.32. The fourth-order valence-corrected chi connectivity index (χ4v) is 3.11. The highest BCUT2D eigenvalue weighted by molar-refractivity contribution is 5.84. The van der Waals surface area contributed by atoms with Crippen LogP contribution < -0.4 is 10.5 Å². The van der Waals surface area contributed by atoms with Crippen molar-refractivity contribution in [3.63, 3.8) is 0 Å². The lowest BCUT2D eigenvalue weighted by Crippen LogP contribution is -2.10. The van der Waals surface area contributed by atoms with Crippen LogP contribution in [-0.4, -0.2) is 23.2 Å². The Labute approximate surface area is 143 Å². The molecule has 24 heavy (non-hydrogen) atoms. The number of nitrogens with two attached hydrogens (primary N) is 1. The smallest absolute Gasteiger partial charge is 0.126 e. The molecule has 0 aliphatic rings. The lowest BCUT2D eigenvalue weighted by Gasteiger charge is -2.10. The van der Waals surface area contributed by atoms with E-state index in [0.29, 0.717) is 6.54 Å². The predicted molar refractivity (Wildman–Crippen MR) is 99.4 cm³/mol. The Morgan fingerprint density at radius 3 is 2.75 bits per heavy atom. The topological polar surface area (TPSA) is 53.1 Å². The number of hydrogen-bond donors (Lipinski definition) is 1. The number of fused-ring (bicyclic) bond motifs is 1. The van der Waals surface area contributed by atoms with Gasteiger partial charge in [-0.3, -0.25) is 0 Å². The molecule has 0 unspecified atom stereocenters. The van der Waals surface area contributed by atoms with E-state index in [0.717, 1.165) is 54.0 Å². The Balaban J connectivity index is 2.12. The molecule has 0 saturated heterocycles. The number of benzene rings is 2. The second-order valence-corrected chi connectivity index (χ2v) is 5.98. The van der Waals surface area contributed by atoms with Crippen LogP contribution in [0.1, 0.15) is 25.6 Å². The van der Waals surface area contributed by atoms with E-state index in [9.17, 15) is 0 Å². The third kappa shape index (κ3) is 3.15. The summed E-state index contributed by atoms with van der Waals surface area (Å²) in [7, 11) is 1.71. The molecule has 126 valence electrons. The van der Waals surface area contributed by atoms with Crippen LogP contribution >= 0.6 is 0 Å². The van der Waals surface area contributed by atoms with Crippen molar-refractivity contribution in [1.82, 2.24) is 9.55 Å². The van der Waals surface area contributed by atoms with Gasteiger partial charge in [0.25, 0.3) is 0 Å². The quantitative estimate of drug-likeness (QED) is 0.714. The molecule has 0 atom stereocenters. The van der Waals surface area contributed by atoms with Crippen molar-refractivity contribution in [2.45, 2.75) is 32.7 Å². The summed E-state index contributed by atoms with van der Waals surface area (Å²) in [6.45, 7) is 3.81. The molecule has 4 heteroatoms. The zero-order valence-corrected chi connectivity index (χ0v) is 14.5. The average Bonchev–Trinajstić information content (AvgIpc) is 2.96. The largest absolute Gasteiger partial charge is 0.496 e. The van der Waals surface area contributed by atoms with Crippen LogP contribution in [0.4, 0.5) is 0 Å². The lowest BCUT2D eigenvalue weighted by atomic mass is 10.0. The first kappa shape index (κ1) is 16.5. The van der Waals surface area contributed by atoms with Crippen LogP contribution in [0.3, 0.4) is 0 Å². The van der Waals surface area contributed by atoms with Crippen LogP contribution in [0.2, 0.25) is 0 Å². The van der Waals surface area contributed by atoms with Crippen molar-refractivity contribution >= 4 is 11.0 Å². The summed E-state index contributed by atoms with van der Waals surface area (Å²) in [4.78, 5) is 4.78. The first-order valence-corrected chi connectivity index (χ1v) is 8.61. The zero-order chi connectivity index (χ0) is 16.9. The molecule has 3 aromatic rings. The maximum absolute atomic E-state index is 5.77. The summed E-state index contributed by atoms with van der Waals surface area (Å²) in [6, 6.07) is 14.5. The number of hydrogen-bond acceptors (Lipinski definition) is 3. The van der Waals surface area contributed by atoms with Crippen LogP contribution in [0.15, 0.2) is 42.5 Å². The van der Waals surface area contributed by atoms with E-state index in [4.69, 9.17) is 15.5 Å². The van der Waals surface area contributed by atoms with E-state index in [1.54, 1.807) is 7.11 Å². The highest BCUT2D eigenvalue weighted by Gasteiger charge is 2.12. The third-order valence-corrected chi connectivity index (χ3v) is 4.35. The molecule has 0 aliphatic carbocycles. The zero-order valence-electron chi connectivity index (χ0n) is 14.5. The number of methoxy groups -OCH3 is 1. The number of imidazole rings is 1. The molecule has 1 heterocycles. The molecule has 0 fully saturated rings. The minimum absolute atomic E-state index is 0.620. The summed E-state index contributed by atoms with van der Waals surface area (Å²) >= 11 is 0. The summed E-state index contributed by atoms with van der Waals surface area (Å²) in [5, 5.41) is 0. The second kappa shape index (κ2) is 7.49. The molecule has 4 nitrogen and oxygen atoms in total. The summed E-state index contributed by atoms with van der Waals surface area (Å²) in [5.74, 6) is 1.97. The van der Waals surface area contributed by atoms with Gasteiger partial charge in [-0.05, 0) is 36.7 Å². The van der Waals surface area contributed by atoms with Crippen molar-refractivity contribution in [3.8, 4) is 16.9 Å². The Morgan fingerprint density at radius 1 is 1.17 bits per heavy atom. The van der Waals surface area contributed by atoms with Gasteiger partial charge in [-0.2, -0.15) is 0 Å². The van der Waals surface area contributed by atoms with Gasteiger partial charge in [-0.25, -0.2) is 4.98 Å². The van der Waals surface area contributed by atoms with Crippen molar-refractivity contribution in [3.05, 3.63) is 48.3 Å². The first-order valence-electron chi connectivity index (χ1n) is 8.61. The van der Waals surface area contributed by atoms with Gasteiger partial charge in [0.15, 0.2) is 0 Å². The molecule has 0 bridgehead atoms. The Morgan fingerprint density at radius 2 is 2.00 bits per heavy atom. The minimum Gasteiger partial charge on any atom is -0.496 e. The molecule has 0 amide bonds. The minimum atomic E-state index is 0.620. The molecule has 3 rings (SSSR count). The van der Waals surface area contributed by atoms with Gasteiger partial charge in [0.1, 0.15) is 11.6 Å². The van der Waals surface area contributed by atoms with Gasteiger partial charge >= 0.3 is 0 Å². The number of aryl methyl sites for hydroxylation is 1. The number of unbranched alkanes of at least 4 members (excludes halogenated alkanes) is 1. The number of para-hydroxylation sites is 1. The van der Waals surface area contributed by atoms with Crippen LogP contribution in [0.25, 0.3) is 22.2 Å². The van der Waals surface area contributed by atoms with Crippen LogP contribution in [0, 0.1) is 0 Å². The number of aromatic nitrogens is 2. The standard InChI is InChI=1S/C20H25N3O/c1-3-4-13-23-18-14-15(16-7-5-6-8-19(16)24-2)9-10-17(18)22-20(23)11-12-21/h5-10,14H,3-4,11-13,21H2,1-2H3. The number of ether oxygens (including phenoxy) is 1. The maximum atomic E-state index is 5.77. The molecule has 2 N–H and O–H groups in total. The van der Waals surface area contributed by atoms with Crippen molar-refractivity contribution in [2.75, 3.05) is 13.7 Å². The monoisotopic (exact) mass is 323 g/mol. The molecule has 1 aromatic heterocycles. The van der Waals surface area contributed by atoms with E-state index < -0.39 is 0 Å². The van der Waals surface area contributed by atoms with Crippen molar-refractivity contribution < 1.29 is 4.74 Å². The van der Waals surface area contributed by atoms with Gasteiger partial charge in [-0.1, -0.05) is 37.6 Å². The van der Waals surface area contributed by atoms with Crippen molar-refractivity contribution in [2.24, 2.45) is 5.73 Å². The fourth-order valence-electron chi connectivity index (χ4n) is 3.11. The Kier molecular flexibility index (Phi) is 5.16. The van der Waals surface area contributed by atoms with Gasteiger partial charge < -0.3 is 15.0 Å². The van der Waals surface area contributed by atoms with Gasteiger partial charge in [0.2, 0.25) is 0 Å². The van der Waals surface area contributed by atoms with Gasteiger partial charge in [0, 0.05) is 18.5 Å². The molecule has 0 saturated carbocycles. The molecular weight excluding hydrogens is 298 g/mol. The molecular formula is C20H25N3O. The first-order chi connectivity index (χ1) is 11.8. The lowest BCUT2D eigenvalue weighted by molar-refractivity contribution is 0.416. The molecule has 0 aliphatic heterocycles. The molecule has 0 radical (unpaired) electrons. The second-order valence-electron chi connectivity index (χ2n) is 5.98. The SMILES string of the molecule is CCCCn1c(CCN)nc2ccc(-c3ccccc3OC)cc21. The van der Waals surface area contributed by atoms with Crippen LogP contribution in [-0.2, 0) is 13.0 Å². The van der Waals surface area contributed by atoms with E-state index in [1.807, 2.05) is 18.2 Å². The van der Waals surface area contributed by atoms with Gasteiger partial charge in [0.05, 0.1) is 18.1 Å². The molecule has 2 aromatic carbocycles.